The molecule has 0 unspecified atom stereocenters. The van der Waals surface area contributed by atoms with Gasteiger partial charge in [-0.3, -0.25) is 9.59 Å². The molecule has 2 rings (SSSR count). The third-order valence-electron chi connectivity index (χ3n) is 4.58. The van der Waals surface area contributed by atoms with Crippen LogP contribution in [0.25, 0.3) is 0 Å². The number of nitrogens with one attached hydrogen (secondary N) is 1. The first-order valence-electron chi connectivity index (χ1n) is 10.1. The maximum absolute atomic E-state index is 13.1. The number of hydrogen-bond donors (Lipinski definition) is 1. The smallest absolute Gasteiger partial charge is 0.261 e. The Kier molecular flexibility index (Phi) is 10.4. The summed E-state index contributed by atoms with van der Waals surface area (Å²) in [5, 5.41) is 3.77. The summed E-state index contributed by atoms with van der Waals surface area (Å²) < 4.78 is 6.76. The summed E-state index contributed by atoms with van der Waals surface area (Å²) in [4.78, 5) is 27.5. The molecule has 0 aliphatic rings. The van der Waals surface area contributed by atoms with Gasteiger partial charge < -0.3 is 15.0 Å². The van der Waals surface area contributed by atoms with Crippen LogP contribution in [0.3, 0.4) is 0 Å². The van der Waals surface area contributed by atoms with Crippen LogP contribution >= 0.6 is 45.8 Å². The summed E-state index contributed by atoms with van der Waals surface area (Å²) >= 11 is 14.4. The number of benzene rings is 2. The highest BCUT2D eigenvalue weighted by atomic mass is 127. The number of nitrogens with zero attached hydrogens (tertiary/aromatic N) is 1. The van der Waals surface area contributed by atoms with Crippen molar-refractivity contribution < 1.29 is 14.3 Å². The molecule has 168 valence electrons. The Morgan fingerprint density at radius 1 is 1.10 bits per heavy atom. The van der Waals surface area contributed by atoms with E-state index in [2.05, 4.69) is 27.9 Å². The van der Waals surface area contributed by atoms with Gasteiger partial charge in [0.1, 0.15) is 11.8 Å². The molecule has 0 saturated heterocycles. The number of carbonyl (C=O) groups excluding carboxylic acids is 2. The van der Waals surface area contributed by atoms with Gasteiger partial charge in [-0.1, -0.05) is 50.0 Å². The molecule has 31 heavy (non-hydrogen) atoms. The molecular formula is C23H27Cl2IN2O3. The largest absolute Gasteiger partial charge is 0.484 e. The van der Waals surface area contributed by atoms with Crippen LogP contribution in [0.1, 0.15) is 32.8 Å². The molecule has 0 saturated carbocycles. The number of ether oxygens (including phenoxy) is 1. The summed E-state index contributed by atoms with van der Waals surface area (Å²) in [6.45, 7) is 6.52. The molecule has 1 N–H and O–H groups in total. The van der Waals surface area contributed by atoms with Gasteiger partial charge in [0.2, 0.25) is 5.91 Å². The van der Waals surface area contributed by atoms with E-state index in [0.717, 1.165) is 9.13 Å². The quantitative estimate of drug-likeness (QED) is 0.377. The van der Waals surface area contributed by atoms with Crippen LogP contribution in [-0.2, 0) is 16.1 Å². The van der Waals surface area contributed by atoms with Gasteiger partial charge in [0.05, 0.1) is 10.0 Å². The molecule has 0 aliphatic carbocycles. The molecule has 2 amide bonds. The fraction of sp³-hybridized carbons (Fsp3) is 0.391. The summed E-state index contributed by atoms with van der Waals surface area (Å²) in [6, 6.07) is 12.0. The maximum Gasteiger partial charge on any atom is 0.261 e. The lowest BCUT2D eigenvalue weighted by atomic mass is 10.1. The van der Waals surface area contributed by atoms with Gasteiger partial charge >= 0.3 is 0 Å². The Labute approximate surface area is 207 Å². The van der Waals surface area contributed by atoms with E-state index in [1.165, 1.54) is 0 Å². The Bertz CT molecular complexity index is 891. The highest BCUT2D eigenvalue weighted by molar-refractivity contribution is 14.1. The van der Waals surface area contributed by atoms with E-state index in [1.807, 2.05) is 45.0 Å². The molecule has 1 atom stereocenters. The monoisotopic (exact) mass is 576 g/mol. The zero-order valence-electron chi connectivity index (χ0n) is 17.8. The van der Waals surface area contributed by atoms with Crippen molar-refractivity contribution in [2.24, 2.45) is 5.92 Å². The van der Waals surface area contributed by atoms with E-state index in [4.69, 9.17) is 27.9 Å². The van der Waals surface area contributed by atoms with Crippen molar-refractivity contribution in [2.45, 2.75) is 39.8 Å². The van der Waals surface area contributed by atoms with Gasteiger partial charge in [0.25, 0.3) is 5.91 Å². The van der Waals surface area contributed by atoms with Crippen molar-refractivity contribution in [3.05, 3.63) is 61.6 Å². The van der Waals surface area contributed by atoms with E-state index in [0.29, 0.717) is 34.7 Å². The van der Waals surface area contributed by atoms with E-state index in [1.54, 1.807) is 23.1 Å². The molecule has 2 aromatic carbocycles. The van der Waals surface area contributed by atoms with Gasteiger partial charge in [-0.25, -0.2) is 0 Å². The molecule has 0 radical (unpaired) electrons. The summed E-state index contributed by atoms with van der Waals surface area (Å²) in [7, 11) is 0. The number of hydrogen-bond acceptors (Lipinski definition) is 3. The molecule has 2 aromatic rings. The third kappa shape index (κ3) is 8.16. The Morgan fingerprint density at radius 3 is 2.35 bits per heavy atom. The molecule has 5 nitrogen and oxygen atoms in total. The van der Waals surface area contributed by atoms with Crippen molar-refractivity contribution in [3.63, 3.8) is 0 Å². The van der Waals surface area contributed by atoms with Crippen LogP contribution in [0, 0.1) is 9.49 Å². The first-order valence-corrected chi connectivity index (χ1v) is 11.9. The summed E-state index contributed by atoms with van der Waals surface area (Å²) in [5.74, 6) is 0.445. The van der Waals surface area contributed by atoms with Crippen LogP contribution in [0.2, 0.25) is 10.0 Å². The zero-order chi connectivity index (χ0) is 23.0. The minimum atomic E-state index is -0.624. The summed E-state index contributed by atoms with van der Waals surface area (Å²) in [6.07, 6.45) is 0.473. The zero-order valence-corrected chi connectivity index (χ0v) is 21.5. The normalized spacial score (nSPS) is 11.8. The minimum absolute atomic E-state index is 0.171. The van der Waals surface area contributed by atoms with Gasteiger partial charge in [-0.15, -0.1) is 0 Å². The SMILES string of the molecule is CC[C@H](C(=O)NCC(C)C)N(Cc1ccc(Cl)c(Cl)c1)C(=O)COc1ccc(I)cc1. The lowest BCUT2D eigenvalue weighted by molar-refractivity contribution is -0.143. The number of amides is 2. The molecule has 0 spiro atoms. The van der Waals surface area contributed by atoms with Gasteiger partial charge in [0.15, 0.2) is 6.61 Å². The predicted octanol–water partition coefficient (Wildman–Crippen LogP) is 5.56. The standard InChI is InChI=1S/C23H27Cl2IN2O3/c1-4-21(23(30)27-12-15(2)3)28(13-16-5-10-19(24)20(25)11-16)22(29)14-31-18-8-6-17(26)7-9-18/h5-11,15,21H,4,12-14H2,1-3H3,(H,27,30)/t21-/m1/s1. The first-order chi connectivity index (χ1) is 14.7. The van der Waals surface area contributed by atoms with E-state index >= 15 is 0 Å². The maximum atomic E-state index is 13.1. The second-order valence-electron chi connectivity index (χ2n) is 7.58. The summed E-state index contributed by atoms with van der Waals surface area (Å²) in [5.41, 5.74) is 0.784. The van der Waals surface area contributed by atoms with Crippen molar-refractivity contribution >= 4 is 57.6 Å². The molecule has 0 fully saturated rings. The van der Waals surface area contributed by atoms with Gasteiger partial charge in [0, 0.05) is 16.7 Å². The second-order valence-corrected chi connectivity index (χ2v) is 9.64. The Balaban J connectivity index is 2.21. The van der Waals surface area contributed by atoms with Crippen LogP contribution in [0.4, 0.5) is 0 Å². The molecule has 0 bridgehead atoms. The van der Waals surface area contributed by atoms with Crippen molar-refractivity contribution in [1.82, 2.24) is 10.2 Å². The molecular weight excluding hydrogens is 550 g/mol. The average molecular weight is 577 g/mol. The topological polar surface area (TPSA) is 58.6 Å². The number of halogens is 3. The Hall–Kier alpha value is -1.51. The lowest BCUT2D eigenvalue weighted by Crippen LogP contribution is -2.50. The lowest BCUT2D eigenvalue weighted by Gasteiger charge is -2.31. The highest BCUT2D eigenvalue weighted by Crippen LogP contribution is 2.24. The van der Waals surface area contributed by atoms with E-state index < -0.39 is 6.04 Å². The van der Waals surface area contributed by atoms with E-state index in [-0.39, 0.29) is 25.0 Å². The van der Waals surface area contributed by atoms with Gasteiger partial charge in [-0.05, 0) is 76.9 Å². The van der Waals surface area contributed by atoms with Crippen LogP contribution in [0.5, 0.6) is 5.75 Å². The van der Waals surface area contributed by atoms with Crippen molar-refractivity contribution in [3.8, 4) is 5.75 Å². The van der Waals surface area contributed by atoms with E-state index in [9.17, 15) is 9.59 Å². The van der Waals surface area contributed by atoms with Crippen LogP contribution in [-0.4, -0.2) is 35.9 Å². The third-order valence-corrected chi connectivity index (χ3v) is 6.04. The average Bonchev–Trinajstić information content (AvgIpc) is 2.74. The second kappa shape index (κ2) is 12.5. The van der Waals surface area contributed by atoms with Crippen molar-refractivity contribution in [2.75, 3.05) is 13.2 Å². The molecule has 0 aromatic heterocycles. The first kappa shape index (κ1) is 25.7. The fourth-order valence-corrected chi connectivity index (χ4v) is 3.62. The van der Waals surface area contributed by atoms with Crippen molar-refractivity contribution in [1.29, 1.82) is 0 Å². The van der Waals surface area contributed by atoms with Gasteiger partial charge in [-0.2, -0.15) is 0 Å². The fourth-order valence-electron chi connectivity index (χ4n) is 2.94. The highest BCUT2D eigenvalue weighted by Gasteiger charge is 2.29. The number of carbonyl (C=O) groups is 2. The van der Waals surface area contributed by atoms with Crippen LogP contribution in [0.15, 0.2) is 42.5 Å². The van der Waals surface area contributed by atoms with Crippen LogP contribution < -0.4 is 10.1 Å². The molecule has 8 heteroatoms. The number of rotatable bonds is 10. The predicted molar refractivity (Wildman–Crippen MR) is 134 cm³/mol. The molecule has 0 heterocycles. The molecule has 0 aliphatic heterocycles. The minimum Gasteiger partial charge on any atom is -0.484 e. The Morgan fingerprint density at radius 2 is 1.77 bits per heavy atom.